The maximum absolute atomic E-state index is 12.4. The van der Waals surface area contributed by atoms with E-state index in [1.54, 1.807) is 12.1 Å². The van der Waals surface area contributed by atoms with Crippen molar-refractivity contribution in [3.8, 4) is 0 Å². The van der Waals surface area contributed by atoms with Gasteiger partial charge in [0.15, 0.2) is 0 Å². The maximum atomic E-state index is 12.4. The lowest BCUT2D eigenvalue weighted by molar-refractivity contribution is -0.384. The van der Waals surface area contributed by atoms with Gasteiger partial charge in [-0.1, -0.05) is 12.1 Å². The molecule has 0 spiro atoms. The van der Waals surface area contributed by atoms with Crippen molar-refractivity contribution in [3.63, 3.8) is 0 Å². The molecular formula is C16H15N2O6S2-. The summed E-state index contributed by atoms with van der Waals surface area (Å²) in [5.41, 5.74) is 1.06. The second-order valence-corrected chi connectivity index (χ2v) is 7.22. The molecule has 0 fully saturated rings. The van der Waals surface area contributed by atoms with E-state index in [0.717, 1.165) is 17.7 Å². The highest BCUT2D eigenvalue weighted by Gasteiger charge is 2.18. The molecule has 0 saturated heterocycles. The highest BCUT2D eigenvalue weighted by molar-refractivity contribution is 7.85. The van der Waals surface area contributed by atoms with Gasteiger partial charge in [0.05, 0.1) is 15.7 Å². The van der Waals surface area contributed by atoms with Crippen LogP contribution in [-0.2, 0) is 21.3 Å². The van der Waals surface area contributed by atoms with Crippen LogP contribution < -0.4 is 5.32 Å². The number of anilines is 1. The van der Waals surface area contributed by atoms with Gasteiger partial charge in [0, 0.05) is 23.6 Å². The molecule has 10 heteroatoms. The number of nitro groups is 1. The third kappa shape index (κ3) is 5.28. The third-order valence-corrected chi connectivity index (χ3v) is 4.92. The van der Waals surface area contributed by atoms with Crippen LogP contribution >= 0.6 is 12.6 Å². The summed E-state index contributed by atoms with van der Waals surface area (Å²) in [6.07, 6.45) is 0.334. The predicted molar refractivity (Wildman–Crippen MR) is 97.2 cm³/mol. The lowest BCUT2D eigenvalue weighted by Gasteiger charge is -2.15. The quantitative estimate of drug-likeness (QED) is 0.320. The number of thiol groups is 1. The van der Waals surface area contributed by atoms with Gasteiger partial charge in [-0.3, -0.25) is 14.9 Å². The zero-order valence-electron chi connectivity index (χ0n) is 13.4. The van der Waals surface area contributed by atoms with Crippen molar-refractivity contribution in [1.82, 2.24) is 0 Å². The van der Waals surface area contributed by atoms with Crippen LogP contribution in [0.4, 0.5) is 11.4 Å². The van der Waals surface area contributed by atoms with Crippen LogP contribution in [0.3, 0.4) is 0 Å². The van der Waals surface area contributed by atoms with Gasteiger partial charge in [-0.25, -0.2) is 8.42 Å². The van der Waals surface area contributed by atoms with Crippen LogP contribution in [-0.4, -0.2) is 29.6 Å². The highest BCUT2D eigenvalue weighted by atomic mass is 32.2. The Bertz CT molecular complexity index is 895. The van der Waals surface area contributed by atoms with E-state index in [4.69, 9.17) is 0 Å². The Kier molecular flexibility index (Phi) is 6.35. The molecule has 1 amide bonds. The van der Waals surface area contributed by atoms with E-state index in [2.05, 4.69) is 17.9 Å². The molecule has 138 valence electrons. The minimum Gasteiger partial charge on any atom is -0.744 e. The summed E-state index contributed by atoms with van der Waals surface area (Å²) in [5, 5.41) is 13.3. The molecule has 1 unspecified atom stereocenters. The van der Waals surface area contributed by atoms with Gasteiger partial charge >= 0.3 is 0 Å². The Hall–Kier alpha value is -2.43. The Morgan fingerprint density at radius 3 is 2.15 bits per heavy atom. The molecule has 0 aliphatic rings. The first-order chi connectivity index (χ1) is 12.2. The molecule has 2 aromatic rings. The molecule has 0 aromatic heterocycles. The van der Waals surface area contributed by atoms with Crippen molar-refractivity contribution in [2.75, 3.05) is 11.1 Å². The van der Waals surface area contributed by atoms with Crippen molar-refractivity contribution < 1.29 is 22.7 Å². The average Bonchev–Trinajstić information content (AvgIpc) is 2.59. The van der Waals surface area contributed by atoms with Crippen LogP contribution in [0.2, 0.25) is 0 Å². The van der Waals surface area contributed by atoms with Crippen molar-refractivity contribution in [1.29, 1.82) is 0 Å². The molecule has 0 saturated carbocycles. The SMILES string of the molecule is O=C(Nc1ccc(S(=O)(=O)[O-])cc1)C(CS)Cc1ccc([N+](=O)[O-])cc1. The monoisotopic (exact) mass is 395 g/mol. The number of non-ortho nitro benzene ring substituents is 1. The molecule has 8 nitrogen and oxygen atoms in total. The molecule has 2 rings (SSSR count). The van der Waals surface area contributed by atoms with Gasteiger partial charge in [0.2, 0.25) is 5.91 Å². The van der Waals surface area contributed by atoms with Gasteiger partial charge in [-0.05, 0) is 36.2 Å². The molecule has 26 heavy (non-hydrogen) atoms. The van der Waals surface area contributed by atoms with Crippen LogP contribution in [0.15, 0.2) is 53.4 Å². The molecular weight excluding hydrogens is 380 g/mol. The van der Waals surface area contributed by atoms with Crippen molar-refractivity contribution in [2.45, 2.75) is 11.3 Å². The highest BCUT2D eigenvalue weighted by Crippen LogP contribution is 2.18. The molecule has 0 bridgehead atoms. The minimum absolute atomic E-state index is 0.0333. The van der Waals surface area contributed by atoms with Gasteiger partial charge in [0.25, 0.3) is 5.69 Å². The van der Waals surface area contributed by atoms with Gasteiger partial charge in [-0.2, -0.15) is 12.6 Å². The molecule has 1 atom stereocenters. The summed E-state index contributed by atoms with van der Waals surface area (Å²) >= 11 is 4.17. The second kappa shape index (κ2) is 8.30. The Morgan fingerprint density at radius 1 is 1.12 bits per heavy atom. The normalized spacial score (nSPS) is 12.4. The fraction of sp³-hybridized carbons (Fsp3) is 0.188. The van der Waals surface area contributed by atoms with Gasteiger partial charge in [-0.15, -0.1) is 0 Å². The summed E-state index contributed by atoms with van der Waals surface area (Å²) in [6.45, 7) is 0. The molecule has 0 heterocycles. The molecule has 2 aromatic carbocycles. The van der Waals surface area contributed by atoms with Gasteiger partial charge < -0.3 is 9.87 Å². The van der Waals surface area contributed by atoms with E-state index in [1.165, 1.54) is 24.3 Å². The fourth-order valence-corrected chi connectivity index (χ4v) is 2.99. The smallest absolute Gasteiger partial charge is 0.269 e. The number of carbonyl (C=O) groups excluding carboxylic acids is 1. The average molecular weight is 395 g/mol. The standard InChI is InChI=1S/C16H16N2O6S2/c19-16(17-13-3-7-15(8-4-13)26(22,23)24)12(10-25)9-11-1-5-14(6-2-11)18(20)21/h1-8,12,25H,9-10H2,(H,17,19)(H,22,23,24)/p-1. The number of carbonyl (C=O) groups is 1. The summed E-state index contributed by atoms with van der Waals surface area (Å²) in [6, 6.07) is 10.8. The third-order valence-electron chi connectivity index (χ3n) is 3.63. The topological polar surface area (TPSA) is 129 Å². The van der Waals surface area contributed by atoms with E-state index in [0.29, 0.717) is 12.1 Å². The largest absolute Gasteiger partial charge is 0.744 e. The molecule has 0 aliphatic carbocycles. The van der Waals surface area contributed by atoms with Crippen molar-refractivity contribution in [3.05, 3.63) is 64.2 Å². The van der Waals surface area contributed by atoms with Crippen LogP contribution in [0.5, 0.6) is 0 Å². The first-order valence-electron chi connectivity index (χ1n) is 7.41. The number of amides is 1. The van der Waals surface area contributed by atoms with Crippen LogP contribution in [0.1, 0.15) is 5.56 Å². The number of nitrogens with zero attached hydrogens (tertiary/aromatic N) is 1. The zero-order valence-corrected chi connectivity index (χ0v) is 15.1. The summed E-state index contributed by atoms with van der Waals surface area (Å²) in [7, 11) is -4.54. The lowest BCUT2D eigenvalue weighted by atomic mass is 10.00. The Labute approximate surface area is 155 Å². The van der Waals surface area contributed by atoms with E-state index in [-0.39, 0.29) is 22.2 Å². The summed E-state index contributed by atoms with van der Waals surface area (Å²) in [5.74, 6) is -0.589. The second-order valence-electron chi connectivity index (χ2n) is 5.47. The maximum Gasteiger partial charge on any atom is 0.269 e. The first kappa shape index (κ1) is 19.9. The number of nitrogens with one attached hydrogen (secondary N) is 1. The number of hydrogen-bond acceptors (Lipinski definition) is 7. The fourth-order valence-electron chi connectivity index (χ4n) is 2.23. The van der Waals surface area contributed by atoms with Crippen molar-refractivity contribution >= 4 is 40.0 Å². The lowest BCUT2D eigenvalue weighted by Crippen LogP contribution is -2.26. The summed E-state index contributed by atoms with van der Waals surface area (Å²) < 4.78 is 32.7. The molecule has 0 aliphatic heterocycles. The number of rotatable bonds is 7. The van der Waals surface area contributed by atoms with E-state index in [9.17, 15) is 27.9 Å². The number of hydrogen-bond donors (Lipinski definition) is 2. The van der Waals surface area contributed by atoms with E-state index < -0.39 is 21.0 Å². The van der Waals surface area contributed by atoms with E-state index in [1.807, 2.05) is 0 Å². The number of nitro benzene ring substituents is 1. The predicted octanol–water partition coefficient (Wildman–Crippen LogP) is 2.23. The van der Waals surface area contributed by atoms with E-state index >= 15 is 0 Å². The Morgan fingerprint density at radius 2 is 1.69 bits per heavy atom. The number of benzene rings is 2. The molecule has 1 N–H and O–H groups in total. The van der Waals surface area contributed by atoms with Gasteiger partial charge in [0.1, 0.15) is 10.1 Å². The zero-order chi connectivity index (χ0) is 19.3. The first-order valence-corrected chi connectivity index (χ1v) is 9.46. The van der Waals surface area contributed by atoms with Crippen LogP contribution in [0, 0.1) is 16.0 Å². The Balaban J connectivity index is 2.05. The minimum atomic E-state index is -4.54. The van der Waals surface area contributed by atoms with Crippen LogP contribution in [0.25, 0.3) is 0 Å². The molecule has 0 radical (unpaired) electrons. The summed E-state index contributed by atoms with van der Waals surface area (Å²) in [4.78, 5) is 22.1. The van der Waals surface area contributed by atoms with Crippen molar-refractivity contribution in [2.24, 2.45) is 5.92 Å².